The van der Waals surface area contributed by atoms with Gasteiger partial charge in [-0.1, -0.05) is 0 Å². The van der Waals surface area contributed by atoms with Crippen LogP contribution in [0.5, 0.6) is 0 Å². The fraction of sp³-hybridized carbons (Fsp3) is 0.905. The van der Waals surface area contributed by atoms with Gasteiger partial charge in [-0.25, -0.2) is 0 Å². The van der Waals surface area contributed by atoms with Gasteiger partial charge in [0.1, 0.15) is 0 Å². The largest absolute Gasteiger partial charge is 0.356 e. The van der Waals surface area contributed by atoms with Crippen molar-refractivity contribution < 1.29 is 0 Å². The van der Waals surface area contributed by atoms with Crippen LogP contribution in [-0.2, 0) is 0 Å². The van der Waals surface area contributed by atoms with Crippen molar-refractivity contribution >= 4 is 11.9 Å². The summed E-state index contributed by atoms with van der Waals surface area (Å²) in [7, 11) is 0. The number of nitrogens with zero attached hydrogens (tertiary/aromatic N) is 4. The van der Waals surface area contributed by atoms with Crippen molar-refractivity contribution in [1.82, 2.24) is 20.4 Å². The molecule has 1 aliphatic heterocycles. The smallest absolute Gasteiger partial charge is 0.197 e. The van der Waals surface area contributed by atoms with Gasteiger partial charge >= 0.3 is 0 Å². The third-order valence-corrected chi connectivity index (χ3v) is 4.96. The van der Waals surface area contributed by atoms with E-state index < -0.39 is 0 Å². The summed E-state index contributed by atoms with van der Waals surface area (Å²) in [6.45, 7) is 24.8. The minimum absolute atomic E-state index is 0.0460. The fourth-order valence-corrected chi connectivity index (χ4v) is 3.88. The number of aliphatic imine (C=N–C) groups is 2. The molecule has 6 heteroatoms. The molecule has 1 heterocycles. The normalized spacial score (nSPS) is 17.1. The summed E-state index contributed by atoms with van der Waals surface area (Å²) in [6, 6.07) is 0.364. The Morgan fingerprint density at radius 2 is 1.85 bits per heavy atom. The van der Waals surface area contributed by atoms with Crippen LogP contribution < -0.4 is 10.6 Å². The highest BCUT2D eigenvalue weighted by atomic mass is 15.4. The predicted octanol–water partition coefficient (Wildman–Crippen LogP) is 3.30. The molecule has 1 aliphatic rings. The SMILES string of the molecule is CC/N=C(/N(CC)C(C)CC(C)(C)NC1=NCCCN1)N(CC)C(C)(C)C. The molecule has 0 saturated heterocycles. The van der Waals surface area contributed by atoms with Crippen LogP contribution in [0.25, 0.3) is 0 Å². The van der Waals surface area contributed by atoms with Gasteiger partial charge in [-0.15, -0.1) is 0 Å². The minimum atomic E-state index is -0.0495. The van der Waals surface area contributed by atoms with Crippen LogP contribution in [0.4, 0.5) is 0 Å². The molecule has 0 radical (unpaired) electrons. The van der Waals surface area contributed by atoms with E-state index in [9.17, 15) is 0 Å². The van der Waals surface area contributed by atoms with Crippen molar-refractivity contribution in [2.24, 2.45) is 9.98 Å². The van der Waals surface area contributed by atoms with Crippen LogP contribution in [0.1, 0.15) is 75.2 Å². The average Bonchev–Trinajstić information content (AvgIpc) is 2.54. The van der Waals surface area contributed by atoms with E-state index in [1.54, 1.807) is 0 Å². The van der Waals surface area contributed by atoms with Gasteiger partial charge in [0.05, 0.1) is 0 Å². The third kappa shape index (κ3) is 7.23. The topological polar surface area (TPSA) is 55.3 Å². The number of nitrogens with one attached hydrogen (secondary N) is 2. The zero-order valence-electron chi connectivity index (χ0n) is 19.3. The van der Waals surface area contributed by atoms with E-state index in [0.717, 1.165) is 57.5 Å². The molecule has 0 aliphatic carbocycles. The lowest BCUT2D eigenvalue weighted by atomic mass is 9.95. The van der Waals surface area contributed by atoms with Crippen molar-refractivity contribution in [3.05, 3.63) is 0 Å². The first-order valence-corrected chi connectivity index (χ1v) is 10.7. The van der Waals surface area contributed by atoms with E-state index >= 15 is 0 Å². The second kappa shape index (κ2) is 10.2. The predicted molar refractivity (Wildman–Crippen MR) is 119 cm³/mol. The average molecular weight is 381 g/mol. The molecule has 6 nitrogen and oxygen atoms in total. The summed E-state index contributed by atoms with van der Waals surface area (Å²) in [4.78, 5) is 14.4. The van der Waals surface area contributed by atoms with Crippen LogP contribution in [0.3, 0.4) is 0 Å². The Morgan fingerprint density at radius 1 is 1.19 bits per heavy atom. The number of guanidine groups is 2. The quantitative estimate of drug-likeness (QED) is 0.526. The Labute approximate surface area is 167 Å². The summed E-state index contributed by atoms with van der Waals surface area (Å²) in [5, 5.41) is 6.98. The molecule has 0 amide bonds. The lowest BCUT2D eigenvalue weighted by Crippen LogP contribution is -2.57. The van der Waals surface area contributed by atoms with Crippen LogP contribution in [0.2, 0.25) is 0 Å². The van der Waals surface area contributed by atoms with Gasteiger partial charge in [-0.05, 0) is 75.2 Å². The Morgan fingerprint density at radius 3 is 2.30 bits per heavy atom. The standard InChI is InChI=1S/C21H44N6/c1-10-22-19(27(12-3)20(5,6)7)26(11-2)17(4)16-21(8,9)25-18-23-14-13-15-24-18/h17H,10-16H2,1-9H3,(H2,23,24,25)/b22-19-. The lowest BCUT2D eigenvalue weighted by molar-refractivity contribution is 0.181. The third-order valence-electron chi connectivity index (χ3n) is 4.96. The maximum absolute atomic E-state index is 4.91. The van der Waals surface area contributed by atoms with Crippen molar-refractivity contribution in [1.29, 1.82) is 0 Å². The second-order valence-electron chi connectivity index (χ2n) is 9.05. The van der Waals surface area contributed by atoms with Gasteiger partial charge in [0.2, 0.25) is 0 Å². The molecule has 0 aromatic carbocycles. The maximum atomic E-state index is 4.91. The molecule has 158 valence electrons. The summed E-state index contributed by atoms with van der Waals surface area (Å²) in [6.07, 6.45) is 2.12. The summed E-state index contributed by atoms with van der Waals surface area (Å²) in [5.41, 5.74) is -0.00345. The van der Waals surface area contributed by atoms with Crippen LogP contribution >= 0.6 is 0 Å². The van der Waals surface area contributed by atoms with E-state index in [-0.39, 0.29) is 11.1 Å². The first-order valence-electron chi connectivity index (χ1n) is 10.7. The molecule has 0 saturated carbocycles. The molecule has 0 fully saturated rings. The molecular weight excluding hydrogens is 336 g/mol. The molecule has 2 N–H and O–H groups in total. The number of hydrogen-bond donors (Lipinski definition) is 2. The van der Waals surface area contributed by atoms with Crippen LogP contribution in [0.15, 0.2) is 9.98 Å². The van der Waals surface area contributed by atoms with Crippen molar-refractivity contribution in [3.63, 3.8) is 0 Å². The van der Waals surface area contributed by atoms with Gasteiger partial charge in [0.15, 0.2) is 11.9 Å². The van der Waals surface area contributed by atoms with E-state index in [0.29, 0.717) is 6.04 Å². The van der Waals surface area contributed by atoms with E-state index in [1.165, 1.54) is 0 Å². The van der Waals surface area contributed by atoms with Gasteiger partial charge in [0, 0.05) is 49.8 Å². The summed E-state index contributed by atoms with van der Waals surface area (Å²) < 4.78 is 0. The van der Waals surface area contributed by atoms with Gasteiger partial charge < -0.3 is 20.4 Å². The second-order valence-corrected chi connectivity index (χ2v) is 9.05. The van der Waals surface area contributed by atoms with Crippen molar-refractivity contribution in [2.75, 3.05) is 32.7 Å². The number of hydrogen-bond acceptors (Lipinski definition) is 4. The molecule has 0 aromatic heterocycles. The zero-order valence-corrected chi connectivity index (χ0v) is 19.3. The van der Waals surface area contributed by atoms with Crippen molar-refractivity contribution in [3.8, 4) is 0 Å². The monoisotopic (exact) mass is 380 g/mol. The van der Waals surface area contributed by atoms with E-state index in [2.05, 4.69) is 87.7 Å². The molecule has 1 unspecified atom stereocenters. The minimum Gasteiger partial charge on any atom is -0.356 e. The Hall–Kier alpha value is -1.46. The highest BCUT2D eigenvalue weighted by Gasteiger charge is 2.31. The Kier molecular flexibility index (Phi) is 8.89. The Balaban J connectivity index is 2.95. The van der Waals surface area contributed by atoms with Gasteiger partial charge in [-0.2, -0.15) is 0 Å². The van der Waals surface area contributed by atoms with Crippen molar-refractivity contribution in [2.45, 2.75) is 92.3 Å². The van der Waals surface area contributed by atoms with Crippen LogP contribution in [-0.4, -0.2) is 71.6 Å². The maximum Gasteiger partial charge on any atom is 0.197 e. The summed E-state index contributed by atoms with van der Waals surface area (Å²) in [5.74, 6) is 2.06. The first-order chi connectivity index (χ1) is 12.6. The first kappa shape index (κ1) is 23.6. The molecule has 0 bridgehead atoms. The van der Waals surface area contributed by atoms with Crippen LogP contribution in [0, 0.1) is 0 Å². The molecular formula is C21H44N6. The highest BCUT2D eigenvalue weighted by molar-refractivity contribution is 5.82. The molecule has 0 spiro atoms. The van der Waals surface area contributed by atoms with E-state index in [4.69, 9.17) is 4.99 Å². The van der Waals surface area contributed by atoms with Gasteiger partial charge in [0.25, 0.3) is 0 Å². The summed E-state index contributed by atoms with van der Waals surface area (Å²) >= 11 is 0. The highest BCUT2D eigenvalue weighted by Crippen LogP contribution is 2.21. The lowest BCUT2D eigenvalue weighted by Gasteiger charge is -2.45. The fourth-order valence-electron chi connectivity index (χ4n) is 3.88. The molecule has 27 heavy (non-hydrogen) atoms. The molecule has 0 aromatic rings. The Bertz CT molecular complexity index is 503. The molecule has 1 atom stereocenters. The zero-order chi connectivity index (χ0) is 20.7. The molecule has 1 rings (SSSR count). The number of rotatable bonds is 7. The van der Waals surface area contributed by atoms with Gasteiger partial charge in [-0.3, -0.25) is 9.98 Å². The van der Waals surface area contributed by atoms with E-state index in [1.807, 2.05) is 0 Å².